The van der Waals surface area contributed by atoms with Gasteiger partial charge in [-0.1, -0.05) is 38.1 Å². The van der Waals surface area contributed by atoms with Crippen LogP contribution in [0.2, 0.25) is 0 Å². The van der Waals surface area contributed by atoms with Crippen molar-refractivity contribution in [3.05, 3.63) is 77.9 Å². The van der Waals surface area contributed by atoms with E-state index in [0.29, 0.717) is 27.8 Å². The Bertz CT molecular complexity index is 1380. The first-order chi connectivity index (χ1) is 15.4. The summed E-state index contributed by atoms with van der Waals surface area (Å²) in [5.74, 6) is -1.60. The van der Waals surface area contributed by atoms with E-state index in [-0.39, 0.29) is 5.92 Å². The maximum Gasteiger partial charge on any atom is 0.262 e. The number of imide groups is 1. The van der Waals surface area contributed by atoms with Gasteiger partial charge in [0.05, 0.1) is 33.2 Å². The third-order valence-electron chi connectivity index (χ3n) is 5.61. The molecule has 1 aliphatic heterocycles. The predicted octanol–water partition coefficient (Wildman–Crippen LogP) is 4.04. The maximum atomic E-state index is 13.2. The van der Waals surface area contributed by atoms with Crippen LogP contribution in [0.3, 0.4) is 0 Å². The van der Waals surface area contributed by atoms with Gasteiger partial charge in [0.2, 0.25) is 5.91 Å². The quantitative estimate of drug-likeness (QED) is 0.394. The van der Waals surface area contributed by atoms with Crippen molar-refractivity contribution in [3.63, 3.8) is 0 Å². The van der Waals surface area contributed by atoms with Crippen molar-refractivity contribution in [1.82, 2.24) is 14.9 Å². The van der Waals surface area contributed by atoms with Crippen LogP contribution >= 0.6 is 0 Å². The molecule has 32 heavy (non-hydrogen) atoms. The van der Waals surface area contributed by atoms with Gasteiger partial charge in [-0.15, -0.1) is 0 Å². The van der Waals surface area contributed by atoms with E-state index in [1.165, 1.54) is 0 Å². The molecular formula is C25H20N4O3. The number of carbonyl (C=O) groups is 3. The summed E-state index contributed by atoms with van der Waals surface area (Å²) in [4.78, 5) is 49.4. The Kier molecular flexibility index (Phi) is 4.66. The number of amides is 3. The average molecular weight is 424 g/mol. The molecule has 2 heterocycles. The lowest BCUT2D eigenvalue weighted by Gasteiger charge is -2.28. The molecule has 0 saturated heterocycles. The van der Waals surface area contributed by atoms with E-state index >= 15 is 0 Å². The smallest absolute Gasteiger partial charge is 0.262 e. The number of nitrogens with zero attached hydrogens (tertiary/aromatic N) is 3. The maximum absolute atomic E-state index is 13.2. The zero-order chi connectivity index (χ0) is 22.4. The fourth-order valence-electron chi connectivity index (χ4n) is 4.09. The summed E-state index contributed by atoms with van der Waals surface area (Å²) in [7, 11) is 0. The summed E-state index contributed by atoms with van der Waals surface area (Å²) in [6.07, 6.45) is 0. The van der Waals surface area contributed by atoms with Crippen molar-refractivity contribution in [2.45, 2.75) is 19.9 Å². The number of rotatable bonds is 4. The van der Waals surface area contributed by atoms with Crippen LogP contribution in [0.25, 0.3) is 22.1 Å². The van der Waals surface area contributed by atoms with Crippen molar-refractivity contribution in [3.8, 4) is 0 Å². The molecule has 1 aliphatic rings. The second-order valence-electron chi connectivity index (χ2n) is 8.12. The Morgan fingerprint density at radius 1 is 0.781 bits per heavy atom. The number of hydrogen-bond donors (Lipinski definition) is 1. The third-order valence-corrected chi connectivity index (χ3v) is 5.61. The van der Waals surface area contributed by atoms with Gasteiger partial charge in [0.25, 0.3) is 11.8 Å². The van der Waals surface area contributed by atoms with Crippen LogP contribution in [0, 0.1) is 5.92 Å². The molecule has 1 aromatic heterocycles. The Hall–Kier alpha value is -4.13. The zero-order valence-corrected chi connectivity index (χ0v) is 17.6. The molecule has 4 aromatic rings. The number of para-hydroxylation sites is 2. The van der Waals surface area contributed by atoms with Crippen LogP contribution < -0.4 is 5.32 Å². The highest BCUT2D eigenvalue weighted by Crippen LogP contribution is 2.28. The minimum Gasteiger partial charge on any atom is -0.324 e. The van der Waals surface area contributed by atoms with Crippen LogP contribution in [0.5, 0.6) is 0 Å². The SMILES string of the molecule is CC(C)[C@@H](C(=O)Nc1ccc2nc3ccccc3nc2c1)N1C(=O)c2ccccc2C1=O. The molecule has 0 unspecified atom stereocenters. The molecule has 0 fully saturated rings. The van der Waals surface area contributed by atoms with Gasteiger partial charge in [0.15, 0.2) is 0 Å². The highest BCUT2D eigenvalue weighted by molar-refractivity contribution is 6.23. The van der Waals surface area contributed by atoms with E-state index in [1.807, 2.05) is 38.1 Å². The van der Waals surface area contributed by atoms with Crippen molar-refractivity contribution < 1.29 is 14.4 Å². The normalized spacial score (nSPS) is 14.3. The molecular weight excluding hydrogens is 404 g/mol. The standard InChI is InChI=1S/C25H20N4O3/c1-14(2)22(29-24(31)16-7-3-4-8-17(16)25(29)32)23(30)26-15-11-12-20-21(13-15)28-19-10-6-5-9-18(19)27-20/h3-14,22H,1-2H3,(H,26,30)/t22-/m0/s1. The number of hydrogen-bond acceptors (Lipinski definition) is 5. The summed E-state index contributed by atoms with van der Waals surface area (Å²) >= 11 is 0. The molecule has 3 amide bonds. The van der Waals surface area contributed by atoms with Crippen molar-refractivity contribution in [2.24, 2.45) is 5.92 Å². The minimum absolute atomic E-state index is 0.276. The van der Waals surface area contributed by atoms with E-state index in [9.17, 15) is 14.4 Å². The van der Waals surface area contributed by atoms with E-state index < -0.39 is 23.8 Å². The Labute approximate surface area is 184 Å². The molecule has 0 spiro atoms. The number of aromatic nitrogens is 2. The highest BCUT2D eigenvalue weighted by Gasteiger charge is 2.43. The highest BCUT2D eigenvalue weighted by atomic mass is 16.2. The first-order valence-electron chi connectivity index (χ1n) is 10.4. The Morgan fingerprint density at radius 2 is 1.31 bits per heavy atom. The number of benzene rings is 3. The first-order valence-corrected chi connectivity index (χ1v) is 10.4. The van der Waals surface area contributed by atoms with E-state index in [1.54, 1.807) is 42.5 Å². The third kappa shape index (κ3) is 3.19. The van der Waals surface area contributed by atoms with Crippen LogP contribution in [0.1, 0.15) is 34.6 Å². The molecule has 7 heteroatoms. The summed E-state index contributed by atoms with van der Waals surface area (Å²) < 4.78 is 0. The van der Waals surface area contributed by atoms with Crippen LogP contribution in [-0.2, 0) is 4.79 Å². The van der Waals surface area contributed by atoms with Gasteiger partial charge in [-0.2, -0.15) is 0 Å². The Balaban J connectivity index is 1.46. The molecule has 0 saturated carbocycles. The topological polar surface area (TPSA) is 92.3 Å². The monoisotopic (exact) mass is 424 g/mol. The summed E-state index contributed by atoms with van der Waals surface area (Å²) in [6.45, 7) is 3.62. The van der Waals surface area contributed by atoms with Gasteiger partial charge in [-0.05, 0) is 48.4 Å². The molecule has 5 rings (SSSR count). The molecule has 158 valence electrons. The Morgan fingerprint density at radius 3 is 1.91 bits per heavy atom. The average Bonchev–Trinajstić information content (AvgIpc) is 3.03. The molecule has 0 bridgehead atoms. The summed E-state index contributed by atoms with van der Waals surface area (Å²) in [5.41, 5.74) is 4.07. The zero-order valence-electron chi connectivity index (χ0n) is 17.6. The van der Waals surface area contributed by atoms with Gasteiger partial charge >= 0.3 is 0 Å². The van der Waals surface area contributed by atoms with Gasteiger partial charge in [0.1, 0.15) is 6.04 Å². The molecule has 0 radical (unpaired) electrons. The summed E-state index contributed by atoms with van der Waals surface area (Å²) in [6, 6.07) is 18.5. The van der Waals surface area contributed by atoms with Crippen LogP contribution in [0.4, 0.5) is 5.69 Å². The van der Waals surface area contributed by atoms with E-state index in [2.05, 4.69) is 15.3 Å². The molecule has 3 aromatic carbocycles. The fraction of sp³-hybridized carbons (Fsp3) is 0.160. The van der Waals surface area contributed by atoms with E-state index in [0.717, 1.165) is 15.9 Å². The molecule has 1 atom stereocenters. The van der Waals surface area contributed by atoms with Gasteiger partial charge in [-0.25, -0.2) is 9.97 Å². The summed E-state index contributed by atoms with van der Waals surface area (Å²) in [5, 5.41) is 2.86. The number of carbonyl (C=O) groups excluding carboxylic acids is 3. The molecule has 7 nitrogen and oxygen atoms in total. The van der Waals surface area contributed by atoms with Gasteiger partial charge in [0, 0.05) is 5.69 Å². The second kappa shape index (κ2) is 7.53. The van der Waals surface area contributed by atoms with Crippen LogP contribution in [-0.4, -0.2) is 38.6 Å². The molecule has 1 N–H and O–H groups in total. The van der Waals surface area contributed by atoms with Crippen molar-refractivity contribution in [2.75, 3.05) is 5.32 Å². The van der Waals surface area contributed by atoms with Crippen molar-refractivity contribution >= 4 is 45.5 Å². The number of nitrogens with one attached hydrogen (secondary N) is 1. The van der Waals surface area contributed by atoms with Crippen LogP contribution in [0.15, 0.2) is 66.7 Å². The number of anilines is 1. The lowest BCUT2D eigenvalue weighted by Crippen LogP contribution is -2.50. The fourth-order valence-corrected chi connectivity index (χ4v) is 4.09. The number of fused-ring (bicyclic) bond motifs is 3. The first kappa shape index (κ1) is 19.8. The lowest BCUT2D eigenvalue weighted by molar-refractivity contribution is -0.121. The van der Waals surface area contributed by atoms with Crippen molar-refractivity contribution in [1.29, 1.82) is 0 Å². The molecule has 0 aliphatic carbocycles. The second-order valence-corrected chi connectivity index (χ2v) is 8.12. The minimum atomic E-state index is -0.944. The van der Waals surface area contributed by atoms with Gasteiger partial charge < -0.3 is 5.32 Å². The predicted molar refractivity (Wildman–Crippen MR) is 121 cm³/mol. The van der Waals surface area contributed by atoms with E-state index in [4.69, 9.17) is 0 Å². The lowest BCUT2D eigenvalue weighted by atomic mass is 10.0. The largest absolute Gasteiger partial charge is 0.324 e. The van der Waals surface area contributed by atoms with Gasteiger partial charge in [-0.3, -0.25) is 19.3 Å².